The largest absolute Gasteiger partial charge is 0.480 e. The zero-order chi connectivity index (χ0) is 14.3. The van der Waals surface area contributed by atoms with Crippen molar-refractivity contribution < 1.29 is 24.2 Å². The Bertz CT molecular complexity index is 487. The first kappa shape index (κ1) is 14.8. The number of carbonyl (C=O) groups excluding carboxylic acids is 1. The van der Waals surface area contributed by atoms with Gasteiger partial charge in [-0.1, -0.05) is 12.1 Å². The van der Waals surface area contributed by atoms with Crippen molar-refractivity contribution in [2.45, 2.75) is 12.5 Å². The van der Waals surface area contributed by atoms with Gasteiger partial charge < -0.3 is 15.5 Å². The highest BCUT2D eigenvalue weighted by molar-refractivity contribution is 5.94. The molecule has 0 unspecified atom stereocenters. The van der Waals surface area contributed by atoms with Gasteiger partial charge in [-0.2, -0.15) is 0 Å². The Labute approximate surface area is 109 Å². The number of hydrogen-bond donors (Lipinski definition) is 3. The summed E-state index contributed by atoms with van der Waals surface area (Å²) in [5.74, 6) is -2.27. The summed E-state index contributed by atoms with van der Waals surface area (Å²) in [6, 6.07) is 4.48. The van der Waals surface area contributed by atoms with Crippen LogP contribution < -0.4 is 5.32 Å². The van der Waals surface area contributed by atoms with Crippen LogP contribution in [0.25, 0.3) is 6.08 Å². The Balaban J connectivity index is 2.61. The van der Waals surface area contributed by atoms with Crippen LogP contribution in [0.2, 0.25) is 0 Å². The number of carbonyl (C=O) groups is 2. The molecule has 0 saturated heterocycles. The standard InChI is InChI=1S/C13H14FNO4/c14-10-3-1-2-9(8-10)4-5-12(17)15-11(6-7-16)13(18)19/h1-5,8,11,16H,6-7H2,(H,15,17)(H,18,19)/b5-4+/t11-/m1/s1. The van der Waals surface area contributed by atoms with E-state index in [2.05, 4.69) is 5.32 Å². The first-order valence-corrected chi connectivity index (χ1v) is 5.60. The quantitative estimate of drug-likeness (QED) is 0.665. The molecule has 0 bridgehead atoms. The number of nitrogens with one attached hydrogen (secondary N) is 1. The maximum atomic E-state index is 12.9. The summed E-state index contributed by atoms with van der Waals surface area (Å²) in [5.41, 5.74) is 0.490. The molecule has 3 N–H and O–H groups in total. The normalized spacial score (nSPS) is 12.3. The number of aliphatic carboxylic acids is 1. The highest BCUT2D eigenvalue weighted by atomic mass is 19.1. The number of hydrogen-bond acceptors (Lipinski definition) is 3. The molecule has 0 aliphatic carbocycles. The number of aliphatic hydroxyl groups excluding tert-OH is 1. The molecule has 1 aromatic carbocycles. The van der Waals surface area contributed by atoms with Crippen molar-refractivity contribution in [3.05, 3.63) is 41.7 Å². The average molecular weight is 267 g/mol. The fourth-order valence-electron chi connectivity index (χ4n) is 1.39. The molecule has 1 amide bonds. The lowest BCUT2D eigenvalue weighted by atomic mass is 10.2. The lowest BCUT2D eigenvalue weighted by Crippen LogP contribution is -2.40. The molecule has 0 radical (unpaired) electrons. The molecule has 0 aliphatic heterocycles. The molecule has 0 spiro atoms. The highest BCUT2D eigenvalue weighted by Crippen LogP contribution is 2.05. The van der Waals surface area contributed by atoms with E-state index in [9.17, 15) is 14.0 Å². The van der Waals surface area contributed by atoms with Gasteiger partial charge in [-0.15, -0.1) is 0 Å². The number of benzene rings is 1. The van der Waals surface area contributed by atoms with E-state index in [0.717, 1.165) is 6.08 Å². The maximum absolute atomic E-state index is 12.9. The van der Waals surface area contributed by atoms with Crippen LogP contribution in [0.15, 0.2) is 30.3 Å². The summed E-state index contributed by atoms with van der Waals surface area (Å²) in [7, 11) is 0. The first-order valence-electron chi connectivity index (χ1n) is 5.60. The molecular weight excluding hydrogens is 253 g/mol. The van der Waals surface area contributed by atoms with E-state index in [1.807, 2.05) is 0 Å². The minimum atomic E-state index is -1.22. The molecule has 1 rings (SSSR count). The van der Waals surface area contributed by atoms with Crippen molar-refractivity contribution >= 4 is 18.0 Å². The molecule has 0 fully saturated rings. The molecule has 5 nitrogen and oxygen atoms in total. The molecule has 1 aromatic rings. The predicted octanol–water partition coefficient (Wildman–Crippen LogP) is 0.791. The van der Waals surface area contributed by atoms with Crippen molar-refractivity contribution in [2.75, 3.05) is 6.61 Å². The number of carboxylic acids is 1. The van der Waals surface area contributed by atoms with Crippen molar-refractivity contribution in [1.82, 2.24) is 5.32 Å². The zero-order valence-electron chi connectivity index (χ0n) is 10.0. The van der Waals surface area contributed by atoms with Crippen molar-refractivity contribution in [3.8, 4) is 0 Å². The van der Waals surface area contributed by atoms with Gasteiger partial charge in [0.2, 0.25) is 5.91 Å². The summed E-state index contributed by atoms with van der Waals surface area (Å²) < 4.78 is 12.9. The van der Waals surface area contributed by atoms with E-state index in [0.29, 0.717) is 5.56 Å². The van der Waals surface area contributed by atoms with E-state index in [-0.39, 0.29) is 13.0 Å². The van der Waals surface area contributed by atoms with E-state index in [1.54, 1.807) is 6.07 Å². The van der Waals surface area contributed by atoms with Crippen LogP contribution in [-0.4, -0.2) is 34.7 Å². The van der Waals surface area contributed by atoms with Crippen LogP contribution >= 0.6 is 0 Å². The minimum Gasteiger partial charge on any atom is -0.480 e. The van der Waals surface area contributed by atoms with Gasteiger partial charge in [0.05, 0.1) is 0 Å². The van der Waals surface area contributed by atoms with Gasteiger partial charge >= 0.3 is 5.97 Å². The number of amides is 1. The fraction of sp³-hybridized carbons (Fsp3) is 0.231. The van der Waals surface area contributed by atoms with Crippen LogP contribution in [0, 0.1) is 5.82 Å². The predicted molar refractivity (Wildman–Crippen MR) is 66.7 cm³/mol. The molecule has 0 aliphatic rings. The van der Waals surface area contributed by atoms with Gasteiger partial charge in [-0.25, -0.2) is 9.18 Å². The molecule has 0 heterocycles. The Kier molecular flexibility index (Phi) is 5.69. The first-order chi connectivity index (χ1) is 9.02. The van der Waals surface area contributed by atoms with Crippen LogP contribution in [0.3, 0.4) is 0 Å². The maximum Gasteiger partial charge on any atom is 0.326 e. The van der Waals surface area contributed by atoms with Crippen molar-refractivity contribution in [2.24, 2.45) is 0 Å². The lowest BCUT2D eigenvalue weighted by molar-refractivity contribution is -0.141. The number of rotatable bonds is 6. The van der Waals surface area contributed by atoms with E-state index in [1.165, 1.54) is 24.3 Å². The van der Waals surface area contributed by atoms with Gasteiger partial charge in [0.1, 0.15) is 11.9 Å². The van der Waals surface area contributed by atoms with Crippen LogP contribution in [0.1, 0.15) is 12.0 Å². The SMILES string of the molecule is O=C(/C=C/c1cccc(F)c1)N[C@H](CCO)C(=O)O. The summed E-state index contributed by atoms with van der Waals surface area (Å²) >= 11 is 0. The van der Waals surface area contributed by atoms with Gasteiger partial charge in [-0.05, 0) is 23.8 Å². The molecule has 0 aromatic heterocycles. The number of aliphatic hydroxyl groups is 1. The van der Waals surface area contributed by atoms with E-state index >= 15 is 0 Å². The Morgan fingerprint density at radius 1 is 1.42 bits per heavy atom. The third-order valence-corrected chi connectivity index (χ3v) is 2.31. The van der Waals surface area contributed by atoms with Crippen molar-refractivity contribution in [1.29, 1.82) is 0 Å². The third kappa shape index (κ3) is 5.31. The zero-order valence-corrected chi connectivity index (χ0v) is 10.0. The van der Waals surface area contributed by atoms with Gasteiger partial charge in [0.15, 0.2) is 0 Å². The molecule has 1 atom stereocenters. The minimum absolute atomic E-state index is 0.0745. The Morgan fingerprint density at radius 2 is 2.16 bits per heavy atom. The summed E-state index contributed by atoms with van der Waals surface area (Å²) in [6.45, 7) is -0.342. The number of carboxylic acid groups (broad SMARTS) is 1. The molecular formula is C13H14FNO4. The van der Waals surface area contributed by atoms with Gasteiger partial charge in [-0.3, -0.25) is 4.79 Å². The van der Waals surface area contributed by atoms with E-state index in [4.69, 9.17) is 10.2 Å². The average Bonchev–Trinajstić information content (AvgIpc) is 2.36. The molecule has 0 saturated carbocycles. The lowest BCUT2D eigenvalue weighted by Gasteiger charge is -2.11. The molecule has 102 valence electrons. The second kappa shape index (κ2) is 7.27. The third-order valence-electron chi connectivity index (χ3n) is 2.31. The summed E-state index contributed by atoms with van der Waals surface area (Å²) in [6.07, 6.45) is 2.41. The summed E-state index contributed by atoms with van der Waals surface area (Å²) in [5, 5.41) is 19.7. The highest BCUT2D eigenvalue weighted by Gasteiger charge is 2.17. The second-order valence-corrected chi connectivity index (χ2v) is 3.80. The molecule has 6 heteroatoms. The topological polar surface area (TPSA) is 86.6 Å². The van der Waals surface area contributed by atoms with E-state index < -0.39 is 23.7 Å². The van der Waals surface area contributed by atoms with Crippen molar-refractivity contribution in [3.63, 3.8) is 0 Å². The monoisotopic (exact) mass is 267 g/mol. The van der Waals surface area contributed by atoms with Gasteiger partial charge in [0, 0.05) is 19.1 Å². The molecule has 19 heavy (non-hydrogen) atoms. The Morgan fingerprint density at radius 3 is 2.74 bits per heavy atom. The summed E-state index contributed by atoms with van der Waals surface area (Å²) in [4.78, 5) is 22.2. The fourth-order valence-corrected chi connectivity index (χ4v) is 1.39. The smallest absolute Gasteiger partial charge is 0.326 e. The number of halogens is 1. The van der Waals surface area contributed by atoms with Crippen LogP contribution in [0.4, 0.5) is 4.39 Å². The van der Waals surface area contributed by atoms with Crippen LogP contribution in [-0.2, 0) is 9.59 Å². The Hall–Kier alpha value is -2.21. The second-order valence-electron chi connectivity index (χ2n) is 3.80. The van der Waals surface area contributed by atoms with Crippen LogP contribution in [0.5, 0.6) is 0 Å². The van der Waals surface area contributed by atoms with Gasteiger partial charge in [0.25, 0.3) is 0 Å².